The Kier molecular flexibility index (Phi) is 13.4. The molecule has 1 aliphatic rings. The fourth-order valence-corrected chi connectivity index (χ4v) is 14.0. The Labute approximate surface area is 554 Å². The second kappa shape index (κ2) is 22.9. The topological polar surface area (TPSA) is 91.0 Å². The van der Waals surface area contributed by atoms with E-state index >= 15 is 0 Å². The van der Waals surface area contributed by atoms with E-state index in [1.165, 1.54) is 22.3 Å². The zero-order valence-electron chi connectivity index (χ0n) is 52.5. The summed E-state index contributed by atoms with van der Waals surface area (Å²) in [7, 11) is 0. The lowest BCUT2D eigenvalue weighted by molar-refractivity contribution is 0.660. The van der Waals surface area contributed by atoms with E-state index < -0.39 is 0 Å². The van der Waals surface area contributed by atoms with Gasteiger partial charge in [-0.2, -0.15) is 0 Å². The van der Waals surface area contributed by atoms with Gasteiger partial charge in [0.1, 0.15) is 33.5 Å². The number of hydrogen-bond acceptors (Lipinski definition) is 7. The molecule has 0 saturated carbocycles. The third kappa shape index (κ3) is 10.0. The number of fused-ring (bicyclic) bond motifs is 12. The number of nitrogens with zero attached hydrogens (tertiary/aromatic N) is 4. The summed E-state index contributed by atoms with van der Waals surface area (Å²) in [6.07, 6.45) is 0. The lowest BCUT2D eigenvalue weighted by atomic mass is 9.82. The van der Waals surface area contributed by atoms with Gasteiger partial charge in [-0.25, -0.2) is 19.9 Å². The Bertz CT molecular complexity index is 6040. The molecule has 0 saturated heterocycles. The zero-order valence-corrected chi connectivity index (χ0v) is 52.5. The fraction of sp³-hybridized carbons (Fsp3) is 0.0337. The van der Waals surface area contributed by atoms with E-state index in [1.54, 1.807) is 0 Å². The number of rotatable bonds is 9. The van der Waals surface area contributed by atoms with Crippen molar-refractivity contribution < 1.29 is 13.3 Å². The van der Waals surface area contributed by atoms with Crippen LogP contribution in [-0.2, 0) is 5.41 Å². The van der Waals surface area contributed by atoms with E-state index in [9.17, 15) is 0 Å². The van der Waals surface area contributed by atoms with Crippen LogP contribution in [-0.4, -0.2) is 19.9 Å². The van der Waals surface area contributed by atoms with Gasteiger partial charge in [0.2, 0.25) is 0 Å². The van der Waals surface area contributed by atoms with E-state index in [2.05, 4.69) is 257 Å². The summed E-state index contributed by atoms with van der Waals surface area (Å²) in [6, 6.07) is 110. The van der Waals surface area contributed by atoms with Crippen molar-refractivity contribution in [2.24, 2.45) is 0 Å². The highest BCUT2D eigenvalue weighted by Crippen LogP contribution is 2.50. The van der Waals surface area contributed by atoms with Gasteiger partial charge < -0.3 is 13.3 Å². The Hall–Kier alpha value is -12.6. The average molecular weight is 1230 g/mol. The van der Waals surface area contributed by atoms with E-state index in [1.807, 2.05) is 72.8 Å². The van der Waals surface area contributed by atoms with Gasteiger partial charge in [-0.05, 0) is 134 Å². The molecule has 13 aromatic carbocycles. The van der Waals surface area contributed by atoms with Gasteiger partial charge in [-0.15, -0.1) is 0 Å². The molecule has 0 atom stereocenters. The van der Waals surface area contributed by atoms with Gasteiger partial charge >= 0.3 is 0 Å². The molecule has 5 aromatic heterocycles. The van der Waals surface area contributed by atoms with Crippen LogP contribution in [0.25, 0.3) is 178 Å². The molecule has 0 N–H and O–H groups in total. The molecule has 7 nitrogen and oxygen atoms in total. The summed E-state index contributed by atoms with van der Waals surface area (Å²) in [6.45, 7) is 4.63. The number of aromatic nitrogens is 4. The molecular formula is C89H58N4O3. The molecule has 0 aliphatic heterocycles. The molecule has 0 bridgehead atoms. The highest BCUT2D eigenvalue weighted by molar-refractivity contribution is 6.08. The number of furan rings is 3. The monoisotopic (exact) mass is 1230 g/mol. The van der Waals surface area contributed by atoms with Crippen LogP contribution < -0.4 is 0 Å². The summed E-state index contributed by atoms with van der Waals surface area (Å²) >= 11 is 0. The predicted molar refractivity (Wildman–Crippen MR) is 392 cm³/mol. The molecule has 0 radical (unpaired) electrons. The minimum Gasteiger partial charge on any atom is -0.456 e. The molecule has 96 heavy (non-hydrogen) atoms. The molecule has 0 amide bonds. The maximum absolute atomic E-state index is 6.09. The van der Waals surface area contributed by atoms with E-state index in [4.69, 9.17) is 33.2 Å². The van der Waals surface area contributed by atoms with Crippen LogP contribution in [0.2, 0.25) is 0 Å². The summed E-state index contributed by atoms with van der Waals surface area (Å²) < 4.78 is 18.2. The molecule has 0 spiro atoms. The Balaban J connectivity index is 0.000000141. The van der Waals surface area contributed by atoms with Gasteiger partial charge in [0.25, 0.3) is 0 Å². The maximum atomic E-state index is 6.09. The van der Waals surface area contributed by atoms with Gasteiger partial charge in [0.15, 0.2) is 11.6 Å². The van der Waals surface area contributed by atoms with Gasteiger partial charge in [-0.1, -0.05) is 250 Å². The molecular weight excluding hydrogens is 1170 g/mol. The SMILES string of the molecule is CC1(C)c2ccccc2-c2ccc(-c3cc(-c4ccc(-c5ccc6oc7ccccc7c6c5)cc4)nc(-c4ccccc4)n3)cc21.c1ccc(-c2nc(-c3ccc(-c4ccc5oc6ccccc6c5c4)cc3)cc(-c3cccc(-c4ccc5oc6ccccc6c5c4)c3)n2)cc1. The average Bonchev–Trinajstić information content (AvgIpc) is 1.57. The second-order valence-electron chi connectivity index (χ2n) is 25.3. The van der Waals surface area contributed by atoms with Crippen LogP contribution >= 0.6 is 0 Å². The van der Waals surface area contributed by atoms with Crippen LogP contribution in [0.15, 0.2) is 329 Å². The highest BCUT2D eigenvalue weighted by Gasteiger charge is 2.35. The minimum absolute atomic E-state index is 0.0817. The number of hydrogen-bond donors (Lipinski definition) is 0. The van der Waals surface area contributed by atoms with E-state index in [0.29, 0.717) is 5.82 Å². The largest absolute Gasteiger partial charge is 0.456 e. The van der Waals surface area contributed by atoms with Crippen molar-refractivity contribution in [3.63, 3.8) is 0 Å². The standard InChI is InChI=1S/C46H28N2O2.C43H30N2O/c1-2-9-31(10-3-1)46-47-40(30-19-17-29(18-20-30)33-21-23-44-38(26-33)36-13-4-6-15-42(36)49-44)28-41(48-46)35-12-8-11-32(25-35)34-22-24-45-39(27-34)37-14-5-7-16-43(37)50-45;1-43(2)36-14-8-6-12-32(36)33-22-20-31(25-37(33)43)39-26-38(44-42(45-39)29-10-4-3-5-11-29)28-18-16-27(17-19-28)30-21-23-41-35(24-30)34-13-7-9-15-40(34)46-41/h1-28H;3-26H,1-2H3. The molecule has 7 heteroatoms. The fourth-order valence-electron chi connectivity index (χ4n) is 14.0. The predicted octanol–water partition coefficient (Wildman–Crippen LogP) is 24.0. The van der Waals surface area contributed by atoms with Crippen LogP contribution in [0.5, 0.6) is 0 Å². The first-order chi connectivity index (χ1) is 47.3. The minimum atomic E-state index is -0.0817. The summed E-state index contributed by atoms with van der Waals surface area (Å²) in [5.41, 5.74) is 27.2. The summed E-state index contributed by atoms with van der Waals surface area (Å²) in [4.78, 5) is 20.4. The first kappa shape index (κ1) is 56.2. The smallest absolute Gasteiger partial charge is 0.160 e. The zero-order chi connectivity index (χ0) is 63.8. The third-order valence-electron chi connectivity index (χ3n) is 19.0. The quantitative estimate of drug-likeness (QED) is 0.142. The van der Waals surface area contributed by atoms with Crippen LogP contribution in [0.1, 0.15) is 25.0 Å². The summed E-state index contributed by atoms with van der Waals surface area (Å²) in [5.74, 6) is 1.41. The Morgan fingerprint density at radius 3 is 1.01 bits per heavy atom. The summed E-state index contributed by atoms with van der Waals surface area (Å²) in [5, 5.41) is 6.75. The normalized spacial score (nSPS) is 12.4. The van der Waals surface area contributed by atoms with Crippen LogP contribution in [0.4, 0.5) is 0 Å². The second-order valence-corrected chi connectivity index (χ2v) is 25.3. The van der Waals surface area contributed by atoms with Crippen LogP contribution in [0, 0.1) is 0 Å². The molecule has 1 aliphatic carbocycles. The van der Waals surface area contributed by atoms with Crippen molar-refractivity contribution in [3.05, 3.63) is 327 Å². The number of para-hydroxylation sites is 3. The molecule has 0 fully saturated rings. The van der Waals surface area contributed by atoms with Gasteiger partial charge in [-0.3, -0.25) is 0 Å². The molecule has 18 aromatic rings. The van der Waals surface area contributed by atoms with Crippen molar-refractivity contribution >= 4 is 65.8 Å². The molecule has 0 unspecified atom stereocenters. The van der Waals surface area contributed by atoms with Crippen molar-refractivity contribution in [2.45, 2.75) is 19.3 Å². The lowest BCUT2D eigenvalue weighted by Gasteiger charge is -2.22. The van der Waals surface area contributed by atoms with Crippen molar-refractivity contribution in [1.29, 1.82) is 0 Å². The lowest BCUT2D eigenvalue weighted by Crippen LogP contribution is -2.14. The molecule has 452 valence electrons. The van der Waals surface area contributed by atoms with Crippen molar-refractivity contribution in [3.8, 4) is 112 Å². The first-order valence-electron chi connectivity index (χ1n) is 32.5. The Morgan fingerprint density at radius 1 is 0.208 bits per heavy atom. The molecule has 5 heterocycles. The molecule has 19 rings (SSSR count). The van der Waals surface area contributed by atoms with Gasteiger partial charge in [0.05, 0.1) is 22.8 Å². The maximum Gasteiger partial charge on any atom is 0.160 e. The van der Waals surface area contributed by atoms with Crippen molar-refractivity contribution in [2.75, 3.05) is 0 Å². The number of benzene rings is 13. The highest BCUT2D eigenvalue weighted by atomic mass is 16.3. The Morgan fingerprint density at radius 2 is 0.531 bits per heavy atom. The van der Waals surface area contributed by atoms with Crippen LogP contribution in [0.3, 0.4) is 0 Å². The van der Waals surface area contributed by atoms with E-state index in [0.717, 1.165) is 161 Å². The first-order valence-corrected chi connectivity index (χ1v) is 32.5. The van der Waals surface area contributed by atoms with Crippen molar-refractivity contribution in [1.82, 2.24) is 19.9 Å². The van der Waals surface area contributed by atoms with Gasteiger partial charge in [0, 0.05) is 71.1 Å². The third-order valence-corrected chi connectivity index (χ3v) is 19.0. The van der Waals surface area contributed by atoms with E-state index in [-0.39, 0.29) is 5.41 Å².